The number of nitrogens with two attached hydrogens (primary N) is 1. The van der Waals surface area contributed by atoms with Gasteiger partial charge in [-0.25, -0.2) is 0 Å². The van der Waals surface area contributed by atoms with E-state index in [1.807, 2.05) is 27.7 Å². The van der Waals surface area contributed by atoms with E-state index in [0.717, 1.165) is 12.8 Å². The molecule has 0 aromatic rings. The Morgan fingerprint density at radius 1 is 1.12 bits per heavy atom. The zero-order chi connectivity index (χ0) is 13.6. The molecule has 4 heteroatoms. The molecule has 0 fully saturated rings. The van der Waals surface area contributed by atoms with Crippen molar-refractivity contribution in [2.45, 2.75) is 59.5 Å². The molecular formula is C13H26N2O2. The molecule has 17 heavy (non-hydrogen) atoms. The third-order valence-corrected chi connectivity index (χ3v) is 3.51. The van der Waals surface area contributed by atoms with Crippen LogP contribution < -0.4 is 11.1 Å². The van der Waals surface area contributed by atoms with Crippen molar-refractivity contribution in [3.05, 3.63) is 0 Å². The molecule has 100 valence electrons. The van der Waals surface area contributed by atoms with Crippen LogP contribution in [0.2, 0.25) is 0 Å². The largest absolute Gasteiger partial charge is 0.345 e. The van der Waals surface area contributed by atoms with Crippen LogP contribution in [0.4, 0.5) is 0 Å². The topological polar surface area (TPSA) is 72.2 Å². The first-order valence-electron chi connectivity index (χ1n) is 6.41. The maximum absolute atomic E-state index is 11.9. The molecule has 0 saturated heterocycles. The average molecular weight is 242 g/mol. The minimum atomic E-state index is -0.536. The highest BCUT2D eigenvalue weighted by atomic mass is 16.2. The lowest BCUT2D eigenvalue weighted by atomic mass is 9.94. The van der Waals surface area contributed by atoms with Gasteiger partial charge in [0.05, 0.1) is 12.1 Å². The van der Waals surface area contributed by atoms with Crippen LogP contribution in [0.5, 0.6) is 0 Å². The molecule has 0 aromatic heterocycles. The minimum absolute atomic E-state index is 0.0101. The zero-order valence-corrected chi connectivity index (χ0v) is 11.6. The molecule has 3 N–H and O–H groups in total. The molecule has 0 saturated carbocycles. The number of carbonyl (C=O) groups is 2. The van der Waals surface area contributed by atoms with Gasteiger partial charge in [-0.15, -0.1) is 0 Å². The Balaban J connectivity index is 4.56. The lowest BCUT2D eigenvalue weighted by molar-refractivity contribution is -0.129. The van der Waals surface area contributed by atoms with Gasteiger partial charge < -0.3 is 11.1 Å². The van der Waals surface area contributed by atoms with Gasteiger partial charge >= 0.3 is 0 Å². The van der Waals surface area contributed by atoms with E-state index in [1.54, 1.807) is 0 Å². The second-order valence-corrected chi connectivity index (χ2v) is 4.89. The molecule has 0 aliphatic rings. The monoisotopic (exact) mass is 242 g/mol. The van der Waals surface area contributed by atoms with Gasteiger partial charge in [-0.2, -0.15) is 0 Å². The first-order valence-corrected chi connectivity index (χ1v) is 6.41. The van der Waals surface area contributed by atoms with Crippen LogP contribution in [0.3, 0.4) is 0 Å². The van der Waals surface area contributed by atoms with Gasteiger partial charge in [0.25, 0.3) is 0 Å². The number of carbonyl (C=O) groups excluding carboxylic acids is 2. The highest BCUT2D eigenvalue weighted by Crippen LogP contribution is 2.11. The van der Waals surface area contributed by atoms with Crippen molar-refractivity contribution in [1.29, 1.82) is 0 Å². The summed E-state index contributed by atoms with van der Waals surface area (Å²) in [5, 5.41) is 2.77. The summed E-state index contributed by atoms with van der Waals surface area (Å²) >= 11 is 0. The number of amides is 1. The second-order valence-electron chi connectivity index (χ2n) is 4.89. The molecule has 1 amide bonds. The first kappa shape index (κ1) is 16.1. The average Bonchev–Trinajstić information content (AvgIpc) is 2.32. The Bertz CT molecular complexity index is 266. The molecule has 0 radical (unpaired) electrons. The van der Waals surface area contributed by atoms with Crippen LogP contribution in [0, 0.1) is 11.8 Å². The van der Waals surface area contributed by atoms with Gasteiger partial charge in [-0.3, -0.25) is 9.59 Å². The van der Waals surface area contributed by atoms with Crippen LogP contribution in [-0.2, 0) is 9.59 Å². The second kappa shape index (κ2) is 7.43. The molecule has 0 aliphatic heterocycles. The molecular weight excluding hydrogens is 216 g/mol. The van der Waals surface area contributed by atoms with Gasteiger partial charge in [0, 0.05) is 0 Å². The predicted molar refractivity (Wildman–Crippen MR) is 69.5 cm³/mol. The van der Waals surface area contributed by atoms with Crippen molar-refractivity contribution < 1.29 is 9.59 Å². The fraction of sp³-hybridized carbons (Fsp3) is 0.846. The summed E-state index contributed by atoms with van der Waals surface area (Å²) in [5.74, 6) is 0.0315. The van der Waals surface area contributed by atoms with Gasteiger partial charge in [-0.1, -0.05) is 40.5 Å². The van der Waals surface area contributed by atoms with E-state index >= 15 is 0 Å². The van der Waals surface area contributed by atoms with Crippen LogP contribution in [-0.4, -0.2) is 23.8 Å². The van der Waals surface area contributed by atoms with Crippen LogP contribution in [0.25, 0.3) is 0 Å². The Hall–Kier alpha value is -0.900. The summed E-state index contributed by atoms with van der Waals surface area (Å²) in [4.78, 5) is 23.4. The number of hydrogen-bond donors (Lipinski definition) is 2. The minimum Gasteiger partial charge on any atom is -0.345 e. The summed E-state index contributed by atoms with van der Waals surface area (Å²) in [5.41, 5.74) is 5.84. The number of rotatable bonds is 7. The Kier molecular flexibility index (Phi) is 7.04. The van der Waals surface area contributed by atoms with Crippen molar-refractivity contribution >= 4 is 11.7 Å². The Labute approximate surface area is 104 Å². The molecule has 4 nitrogen and oxygen atoms in total. The van der Waals surface area contributed by atoms with E-state index in [9.17, 15) is 9.59 Å². The van der Waals surface area contributed by atoms with Gasteiger partial charge in [0.2, 0.25) is 5.91 Å². The summed E-state index contributed by atoms with van der Waals surface area (Å²) in [6.07, 6.45) is 1.70. The van der Waals surface area contributed by atoms with Gasteiger partial charge in [0.15, 0.2) is 5.78 Å². The van der Waals surface area contributed by atoms with Crippen molar-refractivity contribution in [1.82, 2.24) is 5.32 Å². The van der Waals surface area contributed by atoms with E-state index in [0.29, 0.717) is 0 Å². The smallest absolute Gasteiger partial charge is 0.237 e. The molecule has 0 spiro atoms. The van der Waals surface area contributed by atoms with Crippen LogP contribution in [0.1, 0.15) is 47.5 Å². The van der Waals surface area contributed by atoms with Crippen LogP contribution >= 0.6 is 0 Å². The number of Topliss-reactive ketones (excluding diaryl/α,β-unsaturated/α-hetero) is 1. The maximum Gasteiger partial charge on any atom is 0.237 e. The van der Waals surface area contributed by atoms with Crippen LogP contribution in [0.15, 0.2) is 0 Å². The molecule has 0 bridgehead atoms. The maximum atomic E-state index is 11.9. The van der Waals surface area contributed by atoms with E-state index in [4.69, 9.17) is 5.73 Å². The van der Waals surface area contributed by atoms with Crippen molar-refractivity contribution in [3.63, 3.8) is 0 Å². The Morgan fingerprint density at radius 3 is 1.94 bits per heavy atom. The summed E-state index contributed by atoms with van der Waals surface area (Å²) in [6.45, 7) is 9.40. The summed E-state index contributed by atoms with van der Waals surface area (Å²) < 4.78 is 0. The van der Waals surface area contributed by atoms with Gasteiger partial charge in [-0.05, 0) is 18.8 Å². The SMILES string of the molecule is CC[C@H](C)[C@H](NC(=O)[C@H](N)[C@@H](C)CC)C(C)=O. The molecule has 0 heterocycles. The van der Waals surface area contributed by atoms with Crippen molar-refractivity contribution in [2.24, 2.45) is 17.6 Å². The fourth-order valence-corrected chi connectivity index (χ4v) is 1.64. The summed E-state index contributed by atoms with van der Waals surface area (Å²) in [7, 11) is 0. The van der Waals surface area contributed by atoms with E-state index < -0.39 is 12.1 Å². The van der Waals surface area contributed by atoms with E-state index in [2.05, 4.69) is 5.32 Å². The first-order chi connectivity index (χ1) is 7.84. The van der Waals surface area contributed by atoms with Gasteiger partial charge in [0.1, 0.15) is 0 Å². The third-order valence-electron chi connectivity index (χ3n) is 3.51. The van der Waals surface area contributed by atoms with E-state index in [-0.39, 0.29) is 23.5 Å². The molecule has 0 unspecified atom stereocenters. The molecule has 0 aliphatic carbocycles. The highest BCUT2D eigenvalue weighted by Gasteiger charge is 2.26. The molecule has 0 rings (SSSR count). The number of ketones is 1. The predicted octanol–water partition coefficient (Wildman–Crippen LogP) is 1.48. The normalized spacial score (nSPS) is 18.0. The molecule has 0 aromatic carbocycles. The standard InChI is InChI=1S/C13H26N2O2/c1-6-8(3)11(14)13(17)15-12(10(5)16)9(4)7-2/h8-9,11-12H,6-7,14H2,1-5H3,(H,15,17)/t8-,9-,11+,12-/m0/s1. The third kappa shape index (κ3) is 4.86. The zero-order valence-electron chi connectivity index (χ0n) is 11.6. The molecule has 4 atom stereocenters. The number of hydrogen-bond acceptors (Lipinski definition) is 3. The quantitative estimate of drug-likeness (QED) is 0.710. The van der Waals surface area contributed by atoms with Crippen molar-refractivity contribution in [3.8, 4) is 0 Å². The van der Waals surface area contributed by atoms with Crippen molar-refractivity contribution in [2.75, 3.05) is 0 Å². The number of nitrogens with one attached hydrogen (secondary N) is 1. The lowest BCUT2D eigenvalue weighted by Crippen LogP contribution is -2.52. The summed E-state index contributed by atoms with van der Waals surface area (Å²) in [6, 6.07) is -0.950. The lowest BCUT2D eigenvalue weighted by Gasteiger charge is -2.25. The highest BCUT2D eigenvalue weighted by molar-refractivity contribution is 5.89. The Morgan fingerprint density at radius 2 is 1.59 bits per heavy atom. The van der Waals surface area contributed by atoms with E-state index in [1.165, 1.54) is 6.92 Å². The fourth-order valence-electron chi connectivity index (χ4n) is 1.64.